The molecule has 10 atom stereocenters. The molecule has 12 nitrogen and oxygen atoms in total. The number of hydrogen-bond donors (Lipinski definition) is 6. The van der Waals surface area contributed by atoms with Gasteiger partial charge >= 0.3 is 11.9 Å². The van der Waals surface area contributed by atoms with Crippen molar-refractivity contribution >= 4 is 11.9 Å². The summed E-state index contributed by atoms with van der Waals surface area (Å²) in [5, 5.41) is 60.3. The van der Waals surface area contributed by atoms with E-state index in [9.17, 15) is 40.2 Å². The summed E-state index contributed by atoms with van der Waals surface area (Å²) < 4.78 is 20.9. The number of aliphatic hydroxyl groups excluding tert-OH is 4. The van der Waals surface area contributed by atoms with Gasteiger partial charge in [-0.05, 0) is 5.92 Å². The molecule has 0 saturated carbocycles. The van der Waals surface area contributed by atoms with Gasteiger partial charge in [0, 0.05) is 7.11 Å². The summed E-state index contributed by atoms with van der Waals surface area (Å²) in [6.45, 7) is 3.67. The van der Waals surface area contributed by atoms with E-state index in [1.165, 1.54) is 0 Å². The summed E-state index contributed by atoms with van der Waals surface area (Å²) in [5.41, 5.74) is 0. The molecule has 6 N–H and O–H groups in total. The Labute approximate surface area is 172 Å². The van der Waals surface area contributed by atoms with Crippen molar-refractivity contribution < 1.29 is 59.2 Å². The van der Waals surface area contributed by atoms with Crippen molar-refractivity contribution in [3.63, 3.8) is 0 Å². The van der Waals surface area contributed by atoms with Crippen LogP contribution in [0.1, 0.15) is 26.7 Å². The van der Waals surface area contributed by atoms with E-state index in [1.54, 1.807) is 0 Å². The largest absolute Gasteiger partial charge is 0.479 e. The molecule has 30 heavy (non-hydrogen) atoms. The lowest BCUT2D eigenvalue weighted by molar-refractivity contribution is -0.337. The molecule has 2 aliphatic rings. The number of rotatable bonds is 8. The molecule has 0 aliphatic carbocycles. The summed E-state index contributed by atoms with van der Waals surface area (Å²) in [4.78, 5) is 23.2. The van der Waals surface area contributed by atoms with Crippen LogP contribution in [0, 0.1) is 5.92 Å². The summed E-state index contributed by atoms with van der Waals surface area (Å²) in [6, 6.07) is 0. The van der Waals surface area contributed by atoms with Crippen molar-refractivity contribution in [2.75, 3.05) is 7.11 Å². The zero-order valence-corrected chi connectivity index (χ0v) is 16.9. The van der Waals surface area contributed by atoms with Gasteiger partial charge in [-0.15, -0.1) is 0 Å². The first-order chi connectivity index (χ1) is 14.1. The van der Waals surface area contributed by atoms with Crippen LogP contribution in [-0.4, -0.2) is 111 Å². The minimum atomic E-state index is -1.82. The van der Waals surface area contributed by atoms with Crippen LogP contribution in [0.3, 0.4) is 0 Å². The Morgan fingerprint density at radius 2 is 1.33 bits per heavy atom. The van der Waals surface area contributed by atoms with Crippen molar-refractivity contribution in [1.29, 1.82) is 0 Å². The van der Waals surface area contributed by atoms with E-state index in [-0.39, 0.29) is 5.92 Å². The number of aliphatic carboxylic acids is 2. The highest BCUT2D eigenvalue weighted by Gasteiger charge is 2.54. The third-order valence-electron chi connectivity index (χ3n) is 5.73. The third-order valence-corrected chi connectivity index (χ3v) is 5.73. The van der Waals surface area contributed by atoms with Gasteiger partial charge in [-0.3, -0.25) is 0 Å². The van der Waals surface area contributed by atoms with Crippen molar-refractivity contribution in [2.45, 2.75) is 87.9 Å². The van der Waals surface area contributed by atoms with Gasteiger partial charge in [-0.1, -0.05) is 26.7 Å². The molecule has 2 rings (SSSR count). The number of carbonyl (C=O) groups is 2. The molecule has 0 radical (unpaired) electrons. The highest BCUT2D eigenvalue weighted by atomic mass is 16.7. The van der Waals surface area contributed by atoms with E-state index in [0.717, 1.165) is 7.11 Å². The summed E-state index contributed by atoms with van der Waals surface area (Å²) >= 11 is 0. The summed E-state index contributed by atoms with van der Waals surface area (Å²) in [5.74, 6) is -3.22. The average molecular weight is 438 g/mol. The molecule has 12 heteroatoms. The first kappa shape index (κ1) is 24.9. The predicted molar refractivity (Wildman–Crippen MR) is 96.4 cm³/mol. The van der Waals surface area contributed by atoms with Gasteiger partial charge in [0.2, 0.25) is 0 Å². The van der Waals surface area contributed by atoms with Crippen LogP contribution in [0.2, 0.25) is 0 Å². The fourth-order valence-electron chi connectivity index (χ4n) is 3.95. The van der Waals surface area contributed by atoms with Crippen molar-refractivity contribution in [2.24, 2.45) is 5.92 Å². The fraction of sp³-hybridized carbons (Fsp3) is 0.889. The van der Waals surface area contributed by atoms with Gasteiger partial charge in [0.1, 0.15) is 36.6 Å². The lowest BCUT2D eigenvalue weighted by atomic mass is 9.85. The number of aliphatic hydroxyl groups is 4. The van der Waals surface area contributed by atoms with Crippen molar-refractivity contribution in [3.8, 4) is 0 Å². The maximum absolute atomic E-state index is 11.8. The number of methoxy groups -OCH3 is 1. The van der Waals surface area contributed by atoms with E-state index < -0.39 is 73.2 Å². The molecular weight excluding hydrogens is 408 g/mol. The third kappa shape index (κ3) is 4.75. The molecule has 2 saturated heterocycles. The zero-order valence-electron chi connectivity index (χ0n) is 16.9. The predicted octanol–water partition coefficient (Wildman–Crippen LogP) is -2.07. The van der Waals surface area contributed by atoms with Crippen LogP contribution < -0.4 is 0 Å². The van der Waals surface area contributed by atoms with Crippen LogP contribution in [-0.2, 0) is 28.5 Å². The van der Waals surface area contributed by atoms with Crippen LogP contribution in [0.15, 0.2) is 0 Å². The minimum absolute atomic E-state index is 0.227. The van der Waals surface area contributed by atoms with E-state index in [1.807, 2.05) is 13.8 Å². The monoisotopic (exact) mass is 438 g/mol. The van der Waals surface area contributed by atoms with Gasteiger partial charge in [0.25, 0.3) is 0 Å². The molecule has 174 valence electrons. The maximum atomic E-state index is 11.8. The number of carboxylic acids is 2. The highest BCUT2D eigenvalue weighted by molar-refractivity contribution is 5.74. The molecule has 0 amide bonds. The SMILES string of the molecule is CCC(CC)[C@@H]1O[C@@H](C(=O)O)[C@@H](O[C@@H]2O[C@H](C(=O)O)[C@@H](OC)[C@H](O)[C@@H]2O)[C@H](O)[C@@H]1O. The van der Waals surface area contributed by atoms with Crippen LogP contribution in [0.5, 0.6) is 0 Å². The molecule has 0 aromatic carbocycles. The minimum Gasteiger partial charge on any atom is -0.479 e. The Balaban J connectivity index is 2.26. The number of ether oxygens (including phenoxy) is 4. The van der Waals surface area contributed by atoms with Gasteiger partial charge in [0.05, 0.1) is 6.10 Å². The maximum Gasteiger partial charge on any atom is 0.335 e. The average Bonchev–Trinajstić information content (AvgIpc) is 2.70. The molecule has 0 bridgehead atoms. The first-order valence-corrected chi connectivity index (χ1v) is 9.75. The molecule has 0 aromatic heterocycles. The summed E-state index contributed by atoms with van der Waals surface area (Å²) in [6.07, 6.45) is -15.0. The number of hydrogen-bond acceptors (Lipinski definition) is 10. The highest BCUT2D eigenvalue weighted by Crippen LogP contribution is 2.33. The van der Waals surface area contributed by atoms with Crippen LogP contribution >= 0.6 is 0 Å². The second kappa shape index (κ2) is 10.3. The Kier molecular flexibility index (Phi) is 8.53. The topological polar surface area (TPSA) is 192 Å². The Morgan fingerprint density at radius 1 is 0.833 bits per heavy atom. The Morgan fingerprint density at radius 3 is 1.80 bits per heavy atom. The molecule has 0 unspecified atom stereocenters. The molecule has 0 spiro atoms. The number of carboxylic acid groups (broad SMARTS) is 2. The van der Waals surface area contributed by atoms with E-state index in [4.69, 9.17) is 18.9 Å². The molecular formula is C18H30O12. The normalized spacial score (nSPS) is 42.3. The smallest absolute Gasteiger partial charge is 0.335 e. The fourth-order valence-corrected chi connectivity index (χ4v) is 3.95. The van der Waals surface area contributed by atoms with Crippen molar-refractivity contribution in [3.05, 3.63) is 0 Å². The lowest BCUT2D eigenvalue weighted by Gasteiger charge is -2.46. The first-order valence-electron chi connectivity index (χ1n) is 9.75. The quantitative estimate of drug-likeness (QED) is 0.243. The second-order valence-electron chi connectivity index (χ2n) is 7.46. The van der Waals surface area contributed by atoms with Gasteiger partial charge in [0.15, 0.2) is 18.5 Å². The Bertz CT molecular complexity index is 596. The summed E-state index contributed by atoms with van der Waals surface area (Å²) in [7, 11) is 1.12. The van der Waals surface area contributed by atoms with Gasteiger partial charge in [-0.2, -0.15) is 0 Å². The van der Waals surface area contributed by atoms with Crippen LogP contribution in [0.25, 0.3) is 0 Å². The van der Waals surface area contributed by atoms with Crippen molar-refractivity contribution in [1.82, 2.24) is 0 Å². The molecule has 2 fully saturated rings. The molecule has 2 aliphatic heterocycles. The van der Waals surface area contributed by atoms with E-state index in [0.29, 0.717) is 12.8 Å². The van der Waals surface area contributed by atoms with Gasteiger partial charge < -0.3 is 49.6 Å². The zero-order chi connectivity index (χ0) is 22.7. The Hall–Kier alpha value is -1.38. The molecule has 2 heterocycles. The standard InChI is InChI=1S/C18H30O12/c1-4-6(5-2)11-7(19)8(20)13(15(28-11)17(25)26)29-18-10(22)9(21)12(27-3)14(30-18)16(23)24/h6-15,18-22H,4-5H2,1-3H3,(H,23,24)(H,25,26)/t7-,8+,9+,10-,11-,12-,13-,14-,15+,18+/m0/s1. The van der Waals surface area contributed by atoms with Gasteiger partial charge in [-0.25, -0.2) is 9.59 Å². The lowest BCUT2D eigenvalue weighted by Crippen LogP contribution is -2.66. The second-order valence-corrected chi connectivity index (χ2v) is 7.46. The van der Waals surface area contributed by atoms with E-state index in [2.05, 4.69) is 0 Å². The van der Waals surface area contributed by atoms with E-state index >= 15 is 0 Å². The molecule has 0 aromatic rings. The van der Waals surface area contributed by atoms with Crippen LogP contribution in [0.4, 0.5) is 0 Å².